The van der Waals surface area contributed by atoms with Crippen molar-refractivity contribution in [1.29, 1.82) is 0 Å². The second kappa shape index (κ2) is 18.0. The van der Waals surface area contributed by atoms with E-state index in [0.29, 0.717) is 19.4 Å². The van der Waals surface area contributed by atoms with Crippen LogP contribution in [0.4, 0.5) is 0 Å². The van der Waals surface area contributed by atoms with Crippen molar-refractivity contribution in [3.63, 3.8) is 0 Å². The molecule has 4 atom stereocenters. The molecule has 0 unspecified atom stereocenters. The van der Waals surface area contributed by atoms with Crippen LogP contribution in [-0.2, 0) is 36.8 Å². The van der Waals surface area contributed by atoms with Crippen LogP contribution in [0, 0.1) is 18.3 Å². The number of nitrogens with zero attached hydrogens (tertiary/aromatic N) is 3. The van der Waals surface area contributed by atoms with Gasteiger partial charge in [-0.25, -0.2) is 4.98 Å². The summed E-state index contributed by atoms with van der Waals surface area (Å²) in [6, 6.07) is 15.2. The Bertz CT molecular complexity index is 2040. The number of thiazole rings is 1. The van der Waals surface area contributed by atoms with E-state index in [4.69, 9.17) is 4.74 Å². The molecular weight excluding hydrogens is 727 g/mol. The SMILES string of the molecule is Cc1ncsc1-c1ccc([C@H](C)NC(=O)[C@H]2C[C@H](O)CN2C(=O)[C@@H](CC(=O)CCOCCNC(=O)CCc2ccc3c(c2)Cc2ccncc2-3)C(C)(C)C)cc1. The first-order valence-electron chi connectivity index (χ1n) is 19.5. The van der Waals surface area contributed by atoms with Crippen LogP contribution in [-0.4, -0.2) is 81.9 Å². The third-order valence-corrected chi connectivity index (χ3v) is 11.9. The minimum Gasteiger partial charge on any atom is -0.391 e. The first kappa shape index (κ1) is 40.9. The summed E-state index contributed by atoms with van der Waals surface area (Å²) in [5.41, 5.74) is 10.3. The van der Waals surface area contributed by atoms with Gasteiger partial charge in [-0.3, -0.25) is 24.2 Å². The number of aliphatic hydroxyl groups is 1. The molecule has 1 fully saturated rings. The number of likely N-dealkylation sites (tertiary alicyclic amines) is 1. The number of ketones is 1. The zero-order valence-electron chi connectivity index (χ0n) is 33.0. The Kier molecular flexibility index (Phi) is 13.1. The van der Waals surface area contributed by atoms with Gasteiger partial charge in [-0.15, -0.1) is 11.3 Å². The molecule has 6 rings (SSSR count). The van der Waals surface area contributed by atoms with Crippen molar-refractivity contribution in [2.45, 2.75) is 91.3 Å². The van der Waals surface area contributed by atoms with Gasteiger partial charge in [0, 0.05) is 62.6 Å². The fourth-order valence-electron chi connectivity index (χ4n) is 7.63. The van der Waals surface area contributed by atoms with E-state index in [0.717, 1.165) is 33.7 Å². The van der Waals surface area contributed by atoms with Gasteiger partial charge in [-0.2, -0.15) is 0 Å². The van der Waals surface area contributed by atoms with Gasteiger partial charge in [0.2, 0.25) is 17.7 Å². The number of aromatic nitrogens is 2. The number of amides is 3. The van der Waals surface area contributed by atoms with Gasteiger partial charge >= 0.3 is 0 Å². The summed E-state index contributed by atoms with van der Waals surface area (Å²) in [6.07, 6.45) is 5.02. The predicted octanol–water partition coefficient (Wildman–Crippen LogP) is 6.00. The van der Waals surface area contributed by atoms with Crippen LogP contribution in [0.3, 0.4) is 0 Å². The lowest BCUT2D eigenvalue weighted by molar-refractivity contribution is -0.146. The highest BCUT2D eigenvalue weighted by Crippen LogP contribution is 2.37. The molecule has 296 valence electrons. The Morgan fingerprint density at radius 3 is 2.54 bits per heavy atom. The number of hydrogen-bond acceptors (Lipinski definition) is 9. The maximum absolute atomic E-state index is 14.0. The molecule has 2 aromatic heterocycles. The Balaban J connectivity index is 0.921. The van der Waals surface area contributed by atoms with Gasteiger partial charge in [-0.1, -0.05) is 63.2 Å². The van der Waals surface area contributed by atoms with Gasteiger partial charge < -0.3 is 25.4 Å². The number of rotatable bonds is 16. The van der Waals surface area contributed by atoms with Gasteiger partial charge in [0.05, 0.1) is 41.4 Å². The molecule has 1 saturated heterocycles. The zero-order chi connectivity index (χ0) is 40.0. The van der Waals surface area contributed by atoms with Crippen molar-refractivity contribution in [3.05, 3.63) is 94.4 Å². The van der Waals surface area contributed by atoms with E-state index in [2.05, 4.69) is 44.9 Å². The van der Waals surface area contributed by atoms with E-state index >= 15 is 0 Å². The number of carbonyl (C=O) groups excluding carboxylic acids is 4. The standard InChI is InChI=1S/C44H53N5O6S/c1-27(30-8-10-31(11-9-30)41-28(2)47-26-56-41)48-42(53)39-23-35(51)25-49(39)43(54)38(44(3,4)5)22-34(50)15-18-55-19-17-46-40(52)13-7-29-6-12-36-33(20-29)21-32-14-16-45-24-37(32)36/h6,8-12,14,16,20,24,26-27,35,38-39,51H,7,13,15,17-19,21-23,25H2,1-5H3,(H,46,52)(H,48,53)/t27-,35-,38+,39+/m0/s1. The highest BCUT2D eigenvalue weighted by atomic mass is 32.1. The lowest BCUT2D eigenvalue weighted by atomic mass is 9.76. The number of aryl methyl sites for hydroxylation is 2. The topological polar surface area (TPSA) is 151 Å². The molecule has 1 aliphatic carbocycles. The Hall–Kier alpha value is -4.78. The quantitative estimate of drug-likeness (QED) is 0.103. The molecule has 11 nitrogen and oxygen atoms in total. The van der Waals surface area contributed by atoms with Crippen LogP contribution in [0.1, 0.15) is 87.4 Å². The number of aliphatic hydroxyl groups excluding tert-OH is 1. The van der Waals surface area contributed by atoms with Gasteiger partial charge in [0.1, 0.15) is 11.8 Å². The summed E-state index contributed by atoms with van der Waals surface area (Å²) < 4.78 is 5.67. The fourth-order valence-corrected chi connectivity index (χ4v) is 8.44. The van der Waals surface area contributed by atoms with Gasteiger partial charge in [-0.05, 0) is 71.6 Å². The molecule has 0 bridgehead atoms. The molecule has 1 aliphatic heterocycles. The molecule has 56 heavy (non-hydrogen) atoms. The largest absolute Gasteiger partial charge is 0.391 e. The van der Waals surface area contributed by atoms with E-state index in [1.807, 2.05) is 76.8 Å². The van der Waals surface area contributed by atoms with Crippen molar-refractivity contribution >= 4 is 34.8 Å². The number of benzene rings is 2. The Labute approximate surface area is 333 Å². The van der Waals surface area contributed by atoms with Crippen molar-refractivity contribution in [2.24, 2.45) is 11.3 Å². The third-order valence-electron chi connectivity index (χ3n) is 10.9. The number of hydrogen-bond donors (Lipinski definition) is 3. The van der Waals surface area contributed by atoms with Crippen molar-refractivity contribution < 1.29 is 29.0 Å². The van der Waals surface area contributed by atoms with Crippen LogP contribution < -0.4 is 10.6 Å². The average molecular weight is 780 g/mol. The summed E-state index contributed by atoms with van der Waals surface area (Å²) in [4.78, 5) is 64.4. The molecular formula is C44H53N5O6S. The number of pyridine rings is 1. The predicted molar refractivity (Wildman–Crippen MR) is 217 cm³/mol. The zero-order valence-corrected chi connectivity index (χ0v) is 33.8. The first-order valence-corrected chi connectivity index (χ1v) is 20.4. The minimum atomic E-state index is -0.846. The molecule has 0 radical (unpaired) electrons. The van der Waals surface area contributed by atoms with Crippen molar-refractivity contribution in [1.82, 2.24) is 25.5 Å². The second-order valence-corrected chi connectivity index (χ2v) is 16.9. The number of β-amino-alcohol motifs (C(OH)–C–C–N with tert-alkyl or cyclic N) is 1. The van der Waals surface area contributed by atoms with E-state index in [-0.39, 0.29) is 68.6 Å². The van der Waals surface area contributed by atoms with E-state index < -0.39 is 23.5 Å². The lowest BCUT2D eigenvalue weighted by Crippen LogP contribution is -2.50. The molecule has 3 amide bonds. The fraction of sp³-hybridized carbons (Fsp3) is 0.455. The van der Waals surface area contributed by atoms with Gasteiger partial charge in [0.15, 0.2) is 0 Å². The van der Waals surface area contributed by atoms with Crippen LogP contribution in [0.15, 0.2) is 66.4 Å². The number of ether oxygens (including phenoxy) is 1. The maximum Gasteiger partial charge on any atom is 0.243 e. The summed E-state index contributed by atoms with van der Waals surface area (Å²) >= 11 is 1.58. The van der Waals surface area contributed by atoms with Crippen LogP contribution in [0.5, 0.6) is 0 Å². The maximum atomic E-state index is 14.0. The van der Waals surface area contributed by atoms with Gasteiger partial charge in [0.25, 0.3) is 0 Å². The molecule has 3 N–H and O–H groups in total. The number of nitrogens with one attached hydrogen (secondary N) is 2. The highest BCUT2D eigenvalue weighted by Gasteiger charge is 2.44. The van der Waals surface area contributed by atoms with Crippen LogP contribution in [0.25, 0.3) is 21.6 Å². The third kappa shape index (κ3) is 9.96. The Morgan fingerprint density at radius 2 is 1.80 bits per heavy atom. The molecule has 4 aromatic rings. The second-order valence-electron chi connectivity index (χ2n) is 16.1. The number of Topliss-reactive ketones (excluding diaryl/α,β-unsaturated/α-hetero) is 1. The van der Waals surface area contributed by atoms with Crippen LogP contribution in [0.2, 0.25) is 0 Å². The van der Waals surface area contributed by atoms with Crippen molar-refractivity contribution in [3.8, 4) is 21.6 Å². The smallest absolute Gasteiger partial charge is 0.243 e. The van der Waals surface area contributed by atoms with E-state index in [1.54, 1.807) is 11.3 Å². The van der Waals surface area contributed by atoms with E-state index in [9.17, 15) is 24.3 Å². The number of carbonyl (C=O) groups is 4. The van der Waals surface area contributed by atoms with E-state index in [1.165, 1.54) is 27.2 Å². The Morgan fingerprint density at radius 1 is 1.02 bits per heavy atom. The molecule has 2 aromatic carbocycles. The summed E-state index contributed by atoms with van der Waals surface area (Å²) in [7, 11) is 0. The number of fused-ring (bicyclic) bond motifs is 3. The molecule has 0 spiro atoms. The van der Waals surface area contributed by atoms with Crippen LogP contribution >= 0.6 is 11.3 Å². The average Bonchev–Trinajstić information content (AvgIpc) is 3.89. The summed E-state index contributed by atoms with van der Waals surface area (Å²) in [6.45, 7) is 10.4. The summed E-state index contributed by atoms with van der Waals surface area (Å²) in [5, 5.41) is 16.5. The highest BCUT2D eigenvalue weighted by molar-refractivity contribution is 7.13. The lowest BCUT2D eigenvalue weighted by Gasteiger charge is -2.35. The minimum absolute atomic E-state index is 0.00296. The molecule has 12 heteroatoms. The van der Waals surface area contributed by atoms with Crippen molar-refractivity contribution in [2.75, 3.05) is 26.3 Å². The molecule has 0 saturated carbocycles. The normalized spacial score (nSPS) is 17.2. The summed E-state index contributed by atoms with van der Waals surface area (Å²) in [5.74, 6) is -1.52. The molecule has 3 heterocycles. The molecule has 2 aliphatic rings. The monoisotopic (exact) mass is 779 g/mol. The first-order chi connectivity index (χ1) is 26.8.